The number of halogens is 1. The van der Waals surface area contributed by atoms with Crippen LogP contribution in [0.2, 0.25) is 5.02 Å². The summed E-state index contributed by atoms with van der Waals surface area (Å²) in [5, 5.41) is 7.74. The smallest absolute Gasteiger partial charge is 0.191 e. The average molecular weight is 420 g/mol. The first-order valence-corrected chi connectivity index (χ1v) is 11.8. The predicted octanol–water partition coefficient (Wildman–Crippen LogP) is 3.34. The number of nitrogens with zero attached hydrogens (tertiary/aromatic N) is 3. The Labute approximate surface area is 181 Å². The third-order valence-corrected chi connectivity index (χ3v) is 6.52. The third-order valence-electron chi connectivity index (χ3n) is 6.28. The Morgan fingerprint density at radius 3 is 2.48 bits per heavy atom. The molecule has 0 spiro atoms. The zero-order valence-electron chi connectivity index (χ0n) is 18.2. The standard InChI is InChI=1S/C23H38ClN5/c1-3-25-22(26-12-5-6-13-29-16-14-28(4-2)15-17-29)27-19-23(10-11-23)20-8-7-9-21(24)18-20/h7-9,18H,3-6,10-17,19H2,1-2H3,(H2,25,26,27). The first kappa shape index (κ1) is 22.4. The van der Waals surface area contributed by atoms with Gasteiger partial charge in [0.1, 0.15) is 0 Å². The van der Waals surface area contributed by atoms with Gasteiger partial charge in [-0.15, -0.1) is 0 Å². The summed E-state index contributed by atoms with van der Waals surface area (Å²) in [6, 6.07) is 8.28. The fourth-order valence-electron chi connectivity index (χ4n) is 4.08. The van der Waals surface area contributed by atoms with Crippen LogP contribution >= 0.6 is 11.6 Å². The number of hydrogen-bond donors (Lipinski definition) is 2. The molecule has 1 aliphatic carbocycles. The summed E-state index contributed by atoms with van der Waals surface area (Å²) in [5.74, 6) is 0.942. The Kier molecular flexibility index (Phi) is 8.64. The van der Waals surface area contributed by atoms with Crippen LogP contribution in [0.5, 0.6) is 0 Å². The van der Waals surface area contributed by atoms with Crippen LogP contribution in [0.15, 0.2) is 29.3 Å². The predicted molar refractivity (Wildman–Crippen MR) is 124 cm³/mol. The lowest BCUT2D eigenvalue weighted by atomic mass is 9.96. The van der Waals surface area contributed by atoms with E-state index in [0.29, 0.717) is 0 Å². The van der Waals surface area contributed by atoms with Gasteiger partial charge in [0.25, 0.3) is 0 Å². The van der Waals surface area contributed by atoms with Crippen LogP contribution in [0.1, 0.15) is 45.1 Å². The molecule has 0 amide bonds. The molecule has 3 rings (SSSR count). The van der Waals surface area contributed by atoms with E-state index in [9.17, 15) is 0 Å². The quantitative estimate of drug-likeness (QED) is 0.347. The fourth-order valence-corrected chi connectivity index (χ4v) is 4.27. The first-order valence-electron chi connectivity index (χ1n) is 11.4. The van der Waals surface area contributed by atoms with Crippen LogP contribution in [-0.4, -0.2) is 74.7 Å². The van der Waals surface area contributed by atoms with Gasteiger partial charge in [0, 0.05) is 49.7 Å². The summed E-state index contributed by atoms with van der Waals surface area (Å²) in [4.78, 5) is 10.0. The molecule has 0 radical (unpaired) electrons. The molecule has 2 fully saturated rings. The molecule has 0 aromatic heterocycles. The summed E-state index contributed by atoms with van der Waals surface area (Å²) < 4.78 is 0. The molecular weight excluding hydrogens is 382 g/mol. The number of nitrogens with one attached hydrogen (secondary N) is 2. The maximum absolute atomic E-state index is 6.19. The van der Waals surface area contributed by atoms with Crippen molar-refractivity contribution in [2.24, 2.45) is 4.99 Å². The Morgan fingerprint density at radius 2 is 1.83 bits per heavy atom. The third kappa shape index (κ3) is 6.87. The number of likely N-dealkylation sites (N-methyl/N-ethyl adjacent to an activating group) is 1. The van der Waals surface area contributed by atoms with Crippen molar-refractivity contribution in [2.75, 3.05) is 58.9 Å². The van der Waals surface area contributed by atoms with Crippen molar-refractivity contribution in [3.8, 4) is 0 Å². The molecule has 1 aliphatic heterocycles. The lowest BCUT2D eigenvalue weighted by Crippen LogP contribution is -2.46. The van der Waals surface area contributed by atoms with Crippen LogP contribution in [0.3, 0.4) is 0 Å². The molecule has 2 N–H and O–H groups in total. The van der Waals surface area contributed by atoms with Gasteiger partial charge in [0.05, 0.1) is 6.54 Å². The minimum absolute atomic E-state index is 0.188. The Balaban J connectivity index is 1.39. The molecule has 1 aromatic carbocycles. The van der Waals surface area contributed by atoms with Gasteiger partial charge in [0.2, 0.25) is 0 Å². The van der Waals surface area contributed by atoms with Gasteiger partial charge in [0.15, 0.2) is 5.96 Å². The van der Waals surface area contributed by atoms with Crippen LogP contribution in [0.25, 0.3) is 0 Å². The monoisotopic (exact) mass is 419 g/mol. The van der Waals surface area contributed by atoms with Gasteiger partial charge in [-0.25, -0.2) is 0 Å². The second-order valence-corrected chi connectivity index (χ2v) is 8.83. The highest BCUT2D eigenvalue weighted by molar-refractivity contribution is 6.30. The molecular formula is C23H38ClN5. The zero-order valence-corrected chi connectivity index (χ0v) is 19.0. The number of rotatable bonds is 10. The van der Waals surface area contributed by atoms with Gasteiger partial charge in [-0.2, -0.15) is 0 Å². The Morgan fingerprint density at radius 1 is 1.07 bits per heavy atom. The zero-order chi connectivity index (χ0) is 20.5. The summed E-state index contributed by atoms with van der Waals surface area (Å²) >= 11 is 6.19. The lowest BCUT2D eigenvalue weighted by Gasteiger charge is -2.34. The maximum atomic E-state index is 6.19. The van der Waals surface area contributed by atoms with Gasteiger partial charge in [-0.3, -0.25) is 4.99 Å². The molecule has 1 saturated carbocycles. The van der Waals surface area contributed by atoms with Gasteiger partial charge >= 0.3 is 0 Å². The van der Waals surface area contributed by atoms with E-state index < -0.39 is 0 Å². The van der Waals surface area contributed by atoms with E-state index >= 15 is 0 Å². The number of guanidine groups is 1. The Bertz CT molecular complexity index is 650. The Hall–Kier alpha value is -1.30. The second kappa shape index (κ2) is 11.2. The minimum Gasteiger partial charge on any atom is -0.357 e. The van der Waals surface area contributed by atoms with E-state index in [1.54, 1.807) is 0 Å². The number of hydrogen-bond acceptors (Lipinski definition) is 3. The SMILES string of the molecule is CCNC(=NCC1(c2cccc(Cl)c2)CC1)NCCCCN1CCN(CC)CC1. The van der Waals surface area contributed by atoms with Gasteiger partial charge < -0.3 is 20.4 Å². The van der Waals surface area contributed by atoms with Crippen LogP contribution in [0.4, 0.5) is 0 Å². The molecule has 0 atom stereocenters. The first-order chi connectivity index (χ1) is 14.1. The highest BCUT2D eigenvalue weighted by atomic mass is 35.5. The van der Waals surface area contributed by atoms with Crippen LogP contribution < -0.4 is 10.6 Å². The summed E-state index contributed by atoms with van der Waals surface area (Å²) in [6.45, 7) is 14.3. The van der Waals surface area contributed by atoms with Gasteiger partial charge in [-0.1, -0.05) is 30.7 Å². The number of piperazine rings is 1. The van der Waals surface area contributed by atoms with Crippen molar-refractivity contribution in [3.63, 3.8) is 0 Å². The van der Waals surface area contributed by atoms with E-state index in [1.165, 1.54) is 70.5 Å². The van der Waals surface area contributed by atoms with Gasteiger partial charge in [-0.05, 0) is 63.4 Å². The summed E-state index contributed by atoms with van der Waals surface area (Å²) in [7, 11) is 0. The van der Waals surface area contributed by atoms with E-state index in [0.717, 1.165) is 30.6 Å². The van der Waals surface area contributed by atoms with E-state index in [-0.39, 0.29) is 5.41 Å². The molecule has 0 unspecified atom stereocenters. The molecule has 1 heterocycles. The van der Waals surface area contributed by atoms with Crippen LogP contribution in [0, 0.1) is 0 Å². The largest absolute Gasteiger partial charge is 0.357 e. The number of benzene rings is 1. The minimum atomic E-state index is 0.188. The van der Waals surface area contributed by atoms with Crippen molar-refractivity contribution in [1.82, 2.24) is 20.4 Å². The number of unbranched alkanes of at least 4 members (excludes halogenated alkanes) is 1. The molecule has 29 heavy (non-hydrogen) atoms. The maximum Gasteiger partial charge on any atom is 0.191 e. The molecule has 6 heteroatoms. The number of aliphatic imine (C=N–C) groups is 1. The summed E-state index contributed by atoms with van der Waals surface area (Å²) in [5.41, 5.74) is 1.52. The molecule has 162 valence electrons. The molecule has 0 bridgehead atoms. The van der Waals surface area contributed by atoms with Crippen molar-refractivity contribution in [1.29, 1.82) is 0 Å². The topological polar surface area (TPSA) is 42.9 Å². The normalized spacial score (nSPS) is 19.9. The fraction of sp³-hybridized carbons (Fsp3) is 0.696. The molecule has 2 aliphatic rings. The van der Waals surface area contributed by atoms with Crippen molar-refractivity contribution in [2.45, 2.75) is 44.9 Å². The van der Waals surface area contributed by atoms with Crippen LogP contribution in [-0.2, 0) is 5.41 Å². The molecule has 1 aromatic rings. The second-order valence-electron chi connectivity index (χ2n) is 8.40. The lowest BCUT2D eigenvalue weighted by molar-refractivity contribution is 0.136. The van der Waals surface area contributed by atoms with Crippen molar-refractivity contribution in [3.05, 3.63) is 34.9 Å². The van der Waals surface area contributed by atoms with E-state index in [4.69, 9.17) is 16.6 Å². The van der Waals surface area contributed by atoms with Crippen molar-refractivity contribution >= 4 is 17.6 Å². The summed E-state index contributed by atoms with van der Waals surface area (Å²) in [6.07, 6.45) is 4.81. The molecule has 1 saturated heterocycles. The van der Waals surface area contributed by atoms with E-state index in [1.807, 2.05) is 12.1 Å². The average Bonchev–Trinajstić information content (AvgIpc) is 3.53. The highest BCUT2D eigenvalue weighted by Gasteiger charge is 2.44. The van der Waals surface area contributed by atoms with Crippen molar-refractivity contribution < 1.29 is 0 Å². The highest BCUT2D eigenvalue weighted by Crippen LogP contribution is 2.48. The molecule has 5 nitrogen and oxygen atoms in total. The van der Waals surface area contributed by atoms with E-state index in [2.05, 4.69) is 46.4 Å².